The third-order valence-electron chi connectivity index (χ3n) is 3.87. The van der Waals surface area contributed by atoms with Crippen LogP contribution in [0.4, 0.5) is 0 Å². The predicted octanol–water partition coefficient (Wildman–Crippen LogP) is 1.83. The van der Waals surface area contributed by atoms with Crippen molar-refractivity contribution in [1.82, 2.24) is 18.8 Å². The molecule has 0 radical (unpaired) electrons. The first kappa shape index (κ1) is 17.1. The van der Waals surface area contributed by atoms with Crippen LogP contribution >= 0.6 is 11.5 Å². The second-order valence-electron chi connectivity index (χ2n) is 5.77. The standard InChI is InChI=1S/C17H18N4O3S/c1-3-9-21-15(22)13-12(18-17(21)24)14(25-19-13)16(23)20(2)10-11-7-5-4-6-8-11/h4-8H,3,9-10H2,1-2H3,(H,18,24). The Hall–Kier alpha value is -2.74. The molecule has 0 aliphatic heterocycles. The third-order valence-corrected chi connectivity index (χ3v) is 4.70. The van der Waals surface area contributed by atoms with Gasteiger partial charge in [-0.25, -0.2) is 4.79 Å². The molecule has 3 aromatic rings. The number of nitrogens with zero attached hydrogens (tertiary/aromatic N) is 3. The van der Waals surface area contributed by atoms with Crippen LogP contribution in [0.5, 0.6) is 0 Å². The van der Waals surface area contributed by atoms with Gasteiger partial charge >= 0.3 is 5.69 Å². The second kappa shape index (κ2) is 7.02. The van der Waals surface area contributed by atoms with E-state index >= 15 is 0 Å². The van der Waals surface area contributed by atoms with E-state index in [0.29, 0.717) is 19.5 Å². The maximum Gasteiger partial charge on any atom is 0.328 e. The van der Waals surface area contributed by atoms with E-state index in [4.69, 9.17) is 0 Å². The van der Waals surface area contributed by atoms with E-state index in [1.54, 1.807) is 7.05 Å². The quantitative estimate of drug-likeness (QED) is 0.754. The van der Waals surface area contributed by atoms with Crippen LogP contribution in [0.15, 0.2) is 39.9 Å². The molecule has 0 aliphatic rings. The van der Waals surface area contributed by atoms with Gasteiger partial charge in [0, 0.05) is 20.1 Å². The minimum Gasteiger partial charge on any atom is -0.337 e. The lowest BCUT2D eigenvalue weighted by Crippen LogP contribution is -2.35. The highest BCUT2D eigenvalue weighted by molar-refractivity contribution is 7.09. The van der Waals surface area contributed by atoms with E-state index in [1.165, 1.54) is 4.90 Å². The smallest absolute Gasteiger partial charge is 0.328 e. The van der Waals surface area contributed by atoms with Crippen LogP contribution in [0.3, 0.4) is 0 Å². The Morgan fingerprint density at radius 3 is 2.68 bits per heavy atom. The van der Waals surface area contributed by atoms with Crippen LogP contribution in [0.2, 0.25) is 0 Å². The summed E-state index contributed by atoms with van der Waals surface area (Å²) in [4.78, 5) is 41.7. The summed E-state index contributed by atoms with van der Waals surface area (Å²) in [6.07, 6.45) is 0.657. The maximum absolute atomic E-state index is 12.7. The first-order chi connectivity index (χ1) is 12.0. The van der Waals surface area contributed by atoms with E-state index in [9.17, 15) is 14.4 Å². The average Bonchev–Trinajstić information content (AvgIpc) is 3.02. The minimum absolute atomic E-state index is 0.134. The fourth-order valence-electron chi connectivity index (χ4n) is 2.62. The summed E-state index contributed by atoms with van der Waals surface area (Å²) in [7, 11) is 1.68. The van der Waals surface area contributed by atoms with Crippen molar-refractivity contribution in [1.29, 1.82) is 0 Å². The third kappa shape index (κ3) is 3.25. The molecule has 0 bridgehead atoms. The van der Waals surface area contributed by atoms with Crippen molar-refractivity contribution in [3.63, 3.8) is 0 Å². The lowest BCUT2D eigenvalue weighted by Gasteiger charge is -2.16. The number of hydrogen-bond acceptors (Lipinski definition) is 5. The van der Waals surface area contributed by atoms with Gasteiger partial charge in [-0.05, 0) is 23.5 Å². The zero-order valence-electron chi connectivity index (χ0n) is 14.0. The zero-order valence-corrected chi connectivity index (χ0v) is 14.8. The Morgan fingerprint density at radius 1 is 1.28 bits per heavy atom. The van der Waals surface area contributed by atoms with Gasteiger partial charge < -0.3 is 9.88 Å². The van der Waals surface area contributed by atoms with E-state index in [2.05, 4.69) is 9.36 Å². The summed E-state index contributed by atoms with van der Waals surface area (Å²) >= 11 is 0.935. The topological polar surface area (TPSA) is 88.1 Å². The molecular formula is C17H18N4O3S. The molecule has 0 saturated carbocycles. The number of nitrogens with one attached hydrogen (secondary N) is 1. The van der Waals surface area contributed by atoms with Crippen molar-refractivity contribution >= 4 is 28.5 Å². The van der Waals surface area contributed by atoms with Crippen LogP contribution in [0.25, 0.3) is 11.0 Å². The average molecular weight is 358 g/mol. The highest BCUT2D eigenvalue weighted by Crippen LogP contribution is 2.19. The van der Waals surface area contributed by atoms with Gasteiger partial charge in [0.15, 0.2) is 5.52 Å². The Kier molecular flexibility index (Phi) is 4.80. The van der Waals surface area contributed by atoms with E-state index in [-0.39, 0.29) is 21.8 Å². The van der Waals surface area contributed by atoms with Gasteiger partial charge in [0.1, 0.15) is 4.88 Å². The summed E-state index contributed by atoms with van der Waals surface area (Å²) < 4.78 is 5.22. The fourth-order valence-corrected chi connectivity index (χ4v) is 3.45. The van der Waals surface area contributed by atoms with Gasteiger partial charge in [-0.3, -0.25) is 14.2 Å². The highest BCUT2D eigenvalue weighted by Gasteiger charge is 2.22. The van der Waals surface area contributed by atoms with Crippen molar-refractivity contribution in [3.05, 3.63) is 61.6 Å². The largest absolute Gasteiger partial charge is 0.337 e. The molecule has 2 heterocycles. The first-order valence-electron chi connectivity index (χ1n) is 7.94. The summed E-state index contributed by atoms with van der Waals surface area (Å²) in [5.74, 6) is -0.278. The number of carbonyl (C=O) groups excluding carboxylic acids is 1. The molecule has 25 heavy (non-hydrogen) atoms. The molecular weight excluding hydrogens is 340 g/mol. The molecule has 1 N–H and O–H groups in total. The first-order valence-corrected chi connectivity index (χ1v) is 8.72. The summed E-state index contributed by atoms with van der Waals surface area (Å²) in [5.41, 5.74) is 0.374. The van der Waals surface area contributed by atoms with Gasteiger partial charge in [0.2, 0.25) is 0 Å². The molecule has 130 valence electrons. The van der Waals surface area contributed by atoms with E-state index in [1.807, 2.05) is 37.3 Å². The van der Waals surface area contributed by atoms with Gasteiger partial charge in [-0.1, -0.05) is 37.3 Å². The van der Waals surface area contributed by atoms with Crippen LogP contribution in [0, 0.1) is 0 Å². The monoisotopic (exact) mass is 358 g/mol. The van der Waals surface area contributed by atoms with E-state index in [0.717, 1.165) is 21.7 Å². The lowest BCUT2D eigenvalue weighted by molar-refractivity contribution is 0.0791. The summed E-state index contributed by atoms with van der Waals surface area (Å²) in [6.45, 7) is 2.62. The Balaban J connectivity index is 1.97. The van der Waals surface area contributed by atoms with E-state index < -0.39 is 11.2 Å². The molecule has 2 aromatic heterocycles. The molecule has 8 heteroatoms. The Bertz CT molecular complexity index is 1020. The molecule has 0 unspecified atom stereocenters. The molecule has 1 amide bonds. The van der Waals surface area contributed by atoms with Gasteiger partial charge in [0.25, 0.3) is 11.5 Å². The van der Waals surface area contributed by atoms with Crippen molar-refractivity contribution in [2.24, 2.45) is 0 Å². The SMILES string of the molecule is CCCn1c(=O)[nH]c2c(C(=O)N(C)Cc3ccccc3)snc2c1=O. The number of aromatic amines is 1. The number of carbonyl (C=O) groups is 1. The molecule has 0 atom stereocenters. The number of aromatic nitrogens is 3. The van der Waals surface area contributed by atoms with Crippen LogP contribution < -0.4 is 11.2 Å². The molecule has 0 fully saturated rings. The molecule has 3 rings (SSSR count). The normalized spacial score (nSPS) is 11.0. The summed E-state index contributed by atoms with van der Waals surface area (Å²) in [6, 6.07) is 9.58. The zero-order chi connectivity index (χ0) is 18.0. The fraction of sp³-hybridized carbons (Fsp3) is 0.294. The van der Waals surface area contributed by atoms with Crippen molar-refractivity contribution < 1.29 is 4.79 Å². The molecule has 0 saturated heterocycles. The second-order valence-corrected chi connectivity index (χ2v) is 6.54. The number of hydrogen-bond donors (Lipinski definition) is 1. The van der Waals surface area contributed by atoms with Crippen LogP contribution in [-0.4, -0.2) is 31.8 Å². The number of benzene rings is 1. The molecule has 0 aliphatic carbocycles. The molecule has 7 nitrogen and oxygen atoms in total. The lowest BCUT2D eigenvalue weighted by atomic mass is 10.2. The summed E-state index contributed by atoms with van der Waals surface area (Å²) in [5, 5.41) is 0. The van der Waals surface area contributed by atoms with Gasteiger partial charge in [-0.2, -0.15) is 4.37 Å². The van der Waals surface area contributed by atoms with Crippen molar-refractivity contribution in [2.75, 3.05) is 7.05 Å². The minimum atomic E-state index is -0.515. The Labute approximate surface area is 147 Å². The van der Waals surface area contributed by atoms with Crippen molar-refractivity contribution in [2.45, 2.75) is 26.4 Å². The Morgan fingerprint density at radius 2 is 2.00 bits per heavy atom. The molecule has 1 aromatic carbocycles. The number of rotatable bonds is 5. The van der Waals surface area contributed by atoms with Crippen molar-refractivity contribution in [3.8, 4) is 0 Å². The number of H-pyrrole nitrogens is 1. The van der Waals surface area contributed by atoms with Gasteiger partial charge in [-0.15, -0.1) is 0 Å². The van der Waals surface area contributed by atoms with Crippen LogP contribution in [0.1, 0.15) is 28.6 Å². The number of amides is 1. The van der Waals surface area contributed by atoms with Gasteiger partial charge in [0.05, 0.1) is 5.52 Å². The number of fused-ring (bicyclic) bond motifs is 1. The molecule has 0 spiro atoms. The maximum atomic E-state index is 12.7. The predicted molar refractivity (Wildman–Crippen MR) is 97.0 cm³/mol. The van der Waals surface area contributed by atoms with Crippen LogP contribution in [-0.2, 0) is 13.1 Å². The highest BCUT2D eigenvalue weighted by atomic mass is 32.1.